The zero-order valence-corrected chi connectivity index (χ0v) is 13.7. The Bertz CT molecular complexity index is 557. The van der Waals surface area contributed by atoms with Crippen LogP contribution in [0.1, 0.15) is 33.3 Å². The number of nitrogens with one attached hydrogen (secondary N) is 1. The van der Waals surface area contributed by atoms with Crippen molar-refractivity contribution >= 4 is 10.9 Å². The monoisotopic (exact) mass is 288 g/mol. The molecule has 21 heavy (non-hydrogen) atoms. The molecule has 0 spiro atoms. The number of hydrogen-bond donors (Lipinski definition) is 1. The topological polar surface area (TPSA) is 26.2 Å². The molecule has 3 heteroatoms. The van der Waals surface area contributed by atoms with Gasteiger partial charge in [0.25, 0.3) is 0 Å². The highest BCUT2D eigenvalue weighted by Gasteiger charge is 2.03. The molecule has 1 aromatic heterocycles. The summed E-state index contributed by atoms with van der Waals surface area (Å²) in [5.41, 5.74) is 2.63. The van der Waals surface area contributed by atoms with Crippen molar-refractivity contribution in [3.63, 3.8) is 0 Å². The van der Waals surface area contributed by atoms with Gasteiger partial charge in [-0.15, -0.1) is 0 Å². The first-order chi connectivity index (χ1) is 10.1. The largest absolute Gasteiger partial charge is 0.377 e. The smallest absolute Gasteiger partial charge is 0.0649 e. The molecule has 0 aliphatic heterocycles. The van der Waals surface area contributed by atoms with Gasteiger partial charge in [0, 0.05) is 24.8 Å². The molecule has 2 aromatic rings. The average Bonchev–Trinajstić information content (AvgIpc) is 2.81. The molecule has 0 aliphatic carbocycles. The van der Waals surface area contributed by atoms with Gasteiger partial charge in [-0.05, 0) is 55.5 Å². The molecule has 116 valence electrons. The van der Waals surface area contributed by atoms with E-state index in [1.807, 2.05) is 0 Å². The molecule has 0 fully saturated rings. The summed E-state index contributed by atoms with van der Waals surface area (Å²) in [7, 11) is 0. The van der Waals surface area contributed by atoms with Crippen LogP contribution in [0.2, 0.25) is 0 Å². The molecule has 1 N–H and O–H groups in total. The molecular weight excluding hydrogens is 260 g/mol. The van der Waals surface area contributed by atoms with Gasteiger partial charge in [0.1, 0.15) is 0 Å². The first kappa shape index (κ1) is 16.1. The Balaban J connectivity index is 1.98. The van der Waals surface area contributed by atoms with Gasteiger partial charge in [-0.1, -0.05) is 19.9 Å². The second-order valence-corrected chi connectivity index (χ2v) is 6.35. The van der Waals surface area contributed by atoms with Crippen LogP contribution >= 0.6 is 0 Å². The summed E-state index contributed by atoms with van der Waals surface area (Å²) in [6.45, 7) is 12.3. The van der Waals surface area contributed by atoms with E-state index in [9.17, 15) is 0 Å². The van der Waals surface area contributed by atoms with Gasteiger partial charge >= 0.3 is 0 Å². The highest BCUT2D eigenvalue weighted by atomic mass is 16.5. The lowest BCUT2D eigenvalue weighted by Crippen LogP contribution is -2.18. The summed E-state index contributed by atoms with van der Waals surface area (Å²) in [5, 5.41) is 4.80. The standard InChI is InChI=1S/C18H28N2O/c1-14(2)12-19-13-16-5-6-18-17(11-16)7-8-20(18)9-10-21-15(3)4/h5-8,11,14-15,19H,9-10,12-13H2,1-4H3. The van der Waals surface area contributed by atoms with Crippen LogP contribution < -0.4 is 5.32 Å². The van der Waals surface area contributed by atoms with Crippen molar-refractivity contribution in [3.8, 4) is 0 Å². The number of fused-ring (bicyclic) bond motifs is 1. The van der Waals surface area contributed by atoms with E-state index in [0.29, 0.717) is 12.0 Å². The van der Waals surface area contributed by atoms with Gasteiger partial charge in [-0.3, -0.25) is 0 Å². The minimum absolute atomic E-state index is 0.297. The lowest BCUT2D eigenvalue weighted by atomic mass is 10.1. The molecule has 1 heterocycles. The van der Waals surface area contributed by atoms with Gasteiger partial charge in [-0.2, -0.15) is 0 Å². The van der Waals surface area contributed by atoms with E-state index < -0.39 is 0 Å². The minimum atomic E-state index is 0.297. The summed E-state index contributed by atoms with van der Waals surface area (Å²) in [6, 6.07) is 8.91. The van der Waals surface area contributed by atoms with Crippen molar-refractivity contribution in [2.75, 3.05) is 13.2 Å². The quantitative estimate of drug-likeness (QED) is 0.799. The molecule has 0 saturated heterocycles. The van der Waals surface area contributed by atoms with Crippen molar-refractivity contribution in [1.29, 1.82) is 0 Å². The fourth-order valence-corrected chi connectivity index (χ4v) is 2.45. The molecule has 0 radical (unpaired) electrons. The van der Waals surface area contributed by atoms with E-state index in [-0.39, 0.29) is 0 Å². The Kier molecular flexibility index (Phi) is 5.83. The number of ether oxygens (including phenoxy) is 1. The van der Waals surface area contributed by atoms with E-state index in [0.717, 1.165) is 26.2 Å². The first-order valence-corrected chi connectivity index (χ1v) is 7.96. The van der Waals surface area contributed by atoms with Gasteiger partial charge < -0.3 is 14.6 Å². The van der Waals surface area contributed by atoms with Crippen LogP contribution in [0.4, 0.5) is 0 Å². The Labute approximate surface area is 128 Å². The van der Waals surface area contributed by atoms with Crippen molar-refractivity contribution in [2.45, 2.75) is 46.9 Å². The Morgan fingerprint density at radius 2 is 1.95 bits per heavy atom. The van der Waals surface area contributed by atoms with Crippen molar-refractivity contribution in [1.82, 2.24) is 9.88 Å². The molecule has 2 rings (SSSR count). The van der Waals surface area contributed by atoms with E-state index in [4.69, 9.17) is 4.74 Å². The number of benzene rings is 1. The van der Waals surface area contributed by atoms with Gasteiger partial charge in [0.15, 0.2) is 0 Å². The Morgan fingerprint density at radius 3 is 2.67 bits per heavy atom. The second kappa shape index (κ2) is 7.62. The predicted molar refractivity (Wildman–Crippen MR) is 89.6 cm³/mol. The second-order valence-electron chi connectivity index (χ2n) is 6.35. The van der Waals surface area contributed by atoms with Crippen LogP contribution in [0.15, 0.2) is 30.5 Å². The Hall–Kier alpha value is -1.32. The number of aromatic nitrogens is 1. The molecule has 0 saturated carbocycles. The molecule has 0 aliphatic rings. The maximum atomic E-state index is 5.63. The van der Waals surface area contributed by atoms with Crippen LogP contribution in [-0.2, 0) is 17.8 Å². The van der Waals surface area contributed by atoms with Crippen LogP contribution in [0, 0.1) is 5.92 Å². The molecule has 0 atom stereocenters. The van der Waals surface area contributed by atoms with Crippen molar-refractivity contribution in [2.24, 2.45) is 5.92 Å². The third-order valence-electron chi connectivity index (χ3n) is 3.50. The first-order valence-electron chi connectivity index (χ1n) is 7.96. The molecule has 1 aromatic carbocycles. The summed E-state index contributed by atoms with van der Waals surface area (Å²) in [5.74, 6) is 0.691. The molecule has 0 amide bonds. The highest BCUT2D eigenvalue weighted by Crippen LogP contribution is 2.18. The van der Waals surface area contributed by atoms with Crippen molar-refractivity contribution in [3.05, 3.63) is 36.0 Å². The third kappa shape index (κ3) is 4.87. The summed E-state index contributed by atoms with van der Waals surface area (Å²) >= 11 is 0. The van der Waals surface area contributed by atoms with Crippen LogP contribution in [-0.4, -0.2) is 23.8 Å². The highest BCUT2D eigenvalue weighted by molar-refractivity contribution is 5.80. The number of nitrogens with zero attached hydrogens (tertiary/aromatic N) is 1. The summed E-state index contributed by atoms with van der Waals surface area (Å²) in [6.07, 6.45) is 2.45. The van der Waals surface area contributed by atoms with Crippen LogP contribution in [0.25, 0.3) is 10.9 Å². The van der Waals surface area contributed by atoms with Crippen LogP contribution in [0.5, 0.6) is 0 Å². The van der Waals surface area contributed by atoms with E-state index in [1.54, 1.807) is 0 Å². The molecule has 0 unspecified atom stereocenters. The fraction of sp³-hybridized carbons (Fsp3) is 0.556. The van der Waals surface area contributed by atoms with E-state index >= 15 is 0 Å². The lowest BCUT2D eigenvalue weighted by molar-refractivity contribution is 0.0733. The van der Waals surface area contributed by atoms with Gasteiger partial charge in [0.2, 0.25) is 0 Å². The Morgan fingerprint density at radius 1 is 1.14 bits per heavy atom. The molecular formula is C18H28N2O. The molecule has 3 nitrogen and oxygen atoms in total. The van der Waals surface area contributed by atoms with E-state index in [2.05, 4.69) is 68.0 Å². The average molecular weight is 288 g/mol. The third-order valence-corrected chi connectivity index (χ3v) is 3.50. The maximum Gasteiger partial charge on any atom is 0.0649 e. The summed E-state index contributed by atoms with van der Waals surface area (Å²) < 4.78 is 7.90. The zero-order chi connectivity index (χ0) is 15.2. The SMILES string of the molecule is CC(C)CNCc1ccc2c(ccn2CCOC(C)C)c1. The van der Waals surface area contributed by atoms with Gasteiger partial charge in [-0.25, -0.2) is 0 Å². The zero-order valence-electron chi connectivity index (χ0n) is 13.7. The number of hydrogen-bond acceptors (Lipinski definition) is 2. The minimum Gasteiger partial charge on any atom is -0.377 e. The maximum absolute atomic E-state index is 5.63. The van der Waals surface area contributed by atoms with Gasteiger partial charge in [0.05, 0.1) is 12.7 Å². The number of rotatable bonds is 8. The summed E-state index contributed by atoms with van der Waals surface area (Å²) in [4.78, 5) is 0. The normalized spacial score (nSPS) is 11.9. The van der Waals surface area contributed by atoms with Crippen LogP contribution in [0.3, 0.4) is 0 Å². The van der Waals surface area contributed by atoms with Crippen molar-refractivity contribution < 1.29 is 4.74 Å². The fourth-order valence-electron chi connectivity index (χ4n) is 2.45. The van der Waals surface area contributed by atoms with E-state index in [1.165, 1.54) is 16.5 Å². The lowest BCUT2D eigenvalue weighted by Gasteiger charge is -2.10. The predicted octanol–water partition coefficient (Wildman–Crippen LogP) is 3.81. The molecule has 0 bridgehead atoms.